The highest BCUT2D eigenvalue weighted by atomic mass is 16.2. The Hall–Kier alpha value is -1.84. The molecule has 0 bridgehead atoms. The van der Waals surface area contributed by atoms with Gasteiger partial charge in [-0.2, -0.15) is 0 Å². The van der Waals surface area contributed by atoms with E-state index in [0.29, 0.717) is 19.4 Å². The van der Waals surface area contributed by atoms with Gasteiger partial charge < -0.3 is 10.6 Å². The van der Waals surface area contributed by atoms with E-state index in [1.165, 1.54) is 5.56 Å². The van der Waals surface area contributed by atoms with Crippen molar-refractivity contribution in [1.29, 1.82) is 0 Å². The maximum absolute atomic E-state index is 11.8. The molecule has 20 heavy (non-hydrogen) atoms. The third kappa shape index (κ3) is 5.87. The van der Waals surface area contributed by atoms with Crippen LogP contribution in [0.3, 0.4) is 0 Å². The maximum Gasteiger partial charge on any atom is 0.242 e. The van der Waals surface area contributed by atoms with Gasteiger partial charge in [0.15, 0.2) is 0 Å². The molecule has 1 rings (SSSR count). The molecule has 4 nitrogen and oxygen atoms in total. The van der Waals surface area contributed by atoms with Gasteiger partial charge in [-0.15, -0.1) is 0 Å². The summed E-state index contributed by atoms with van der Waals surface area (Å²) in [4.78, 5) is 23.4. The molecule has 0 aliphatic heterocycles. The van der Waals surface area contributed by atoms with Gasteiger partial charge in [0, 0.05) is 13.0 Å². The third-order valence-electron chi connectivity index (χ3n) is 3.04. The Morgan fingerprint density at radius 2 is 2.05 bits per heavy atom. The molecule has 2 amide bonds. The fourth-order valence-electron chi connectivity index (χ4n) is 1.91. The number of rotatable bonds is 7. The Bertz CT molecular complexity index is 458. The van der Waals surface area contributed by atoms with Crippen LogP contribution in [0.2, 0.25) is 0 Å². The van der Waals surface area contributed by atoms with E-state index < -0.39 is 6.04 Å². The van der Waals surface area contributed by atoms with Gasteiger partial charge in [-0.25, -0.2) is 0 Å². The summed E-state index contributed by atoms with van der Waals surface area (Å²) in [6, 6.07) is 7.63. The molecule has 4 heteroatoms. The quantitative estimate of drug-likeness (QED) is 0.800. The Kier molecular flexibility index (Phi) is 6.77. The van der Waals surface area contributed by atoms with Crippen molar-refractivity contribution < 1.29 is 9.59 Å². The van der Waals surface area contributed by atoms with Crippen molar-refractivity contribution in [3.63, 3.8) is 0 Å². The monoisotopic (exact) mass is 276 g/mol. The van der Waals surface area contributed by atoms with E-state index in [0.717, 1.165) is 12.0 Å². The van der Waals surface area contributed by atoms with Gasteiger partial charge in [-0.3, -0.25) is 9.59 Å². The van der Waals surface area contributed by atoms with Gasteiger partial charge in [0.2, 0.25) is 11.8 Å². The van der Waals surface area contributed by atoms with Crippen LogP contribution >= 0.6 is 0 Å². The third-order valence-corrected chi connectivity index (χ3v) is 3.04. The molecule has 0 saturated carbocycles. The smallest absolute Gasteiger partial charge is 0.242 e. The molecule has 1 unspecified atom stereocenters. The van der Waals surface area contributed by atoms with Crippen LogP contribution in [-0.2, 0) is 16.0 Å². The standard InChI is InChI=1S/C16H24N2O2/c1-4-10-17-16(20)13(3)18-15(19)9-8-14-7-5-6-12(2)11-14/h5-7,11,13H,4,8-10H2,1-3H3,(H,17,20)(H,18,19). The molecule has 2 N–H and O–H groups in total. The molecule has 0 spiro atoms. The molecular formula is C16H24N2O2. The summed E-state index contributed by atoms with van der Waals surface area (Å²) in [5.74, 6) is -0.221. The second kappa shape index (κ2) is 8.35. The molecule has 0 aliphatic carbocycles. The molecule has 0 fully saturated rings. The Labute approximate surface area is 121 Å². The number of benzene rings is 1. The number of carbonyl (C=O) groups excluding carboxylic acids is 2. The summed E-state index contributed by atoms with van der Waals surface area (Å²) < 4.78 is 0. The van der Waals surface area contributed by atoms with E-state index in [4.69, 9.17) is 0 Å². The highest BCUT2D eigenvalue weighted by Gasteiger charge is 2.14. The number of nitrogens with one attached hydrogen (secondary N) is 2. The van der Waals surface area contributed by atoms with E-state index in [1.54, 1.807) is 6.92 Å². The molecule has 1 atom stereocenters. The maximum atomic E-state index is 11.8. The molecule has 0 aromatic heterocycles. The minimum atomic E-state index is -0.480. The van der Waals surface area contributed by atoms with Crippen molar-refractivity contribution in [1.82, 2.24) is 10.6 Å². The van der Waals surface area contributed by atoms with Gasteiger partial charge in [0.1, 0.15) is 6.04 Å². The SMILES string of the molecule is CCCNC(=O)C(C)NC(=O)CCc1cccc(C)c1. The topological polar surface area (TPSA) is 58.2 Å². The second-order valence-electron chi connectivity index (χ2n) is 5.07. The number of aryl methyl sites for hydroxylation is 2. The zero-order chi connectivity index (χ0) is 15.0. The van der Waals surface area contributed by atoms with Crippen molar-refractivity contribution in [3.05, 3.63) is 35.4 Å². The summed E-state index contributed by atoms with van der Waals surface area (Å²) in [6.07, 6.45) is 1.98. The van der Waals surface area contributed by atoms with Crippen molar-refractivity contribution in [2.45, 2.75) is 46.1 Å². The van der Waals surface area contributed by atoms with Crippen LogP contribution in [0, 0.1) is 6.92 Å². The van der Waals surface area contributed by atoms with E-state index >= 15 is 0 Å². The predicted molar refractivity (Wildman–Crippen MR) is 80.4 cm³/mol. The second-order valence-corrected chi connectivity index (χ2v) is 5.07. The summed E-state index contributed by atoms with van der Waals surface area (Å²) in [6.45, 7) is 6.37. The van der Waals surface area contributed by atoms with Crippen LogP contribution in [-0.4, -0.2) is 24.4 Å². The van der Waals surface area contributed by atoms with Crippen LogP contribution in [0.5, 0.6) is 0 Å². The summed E-state index contributed by atoms with van der Waals surface area (Å²) in [7, 11) is 0. The number of amides is 2. The minimum Gasteiger partial charge on any atom is -0.354 e. The molecule has 1 aromatic rings. The van der Waals surface area contributed by atoms with Gasteiger partial charge in [-0.05, 0) is 32.3 Å². The average Bonchev–Trinajstić information content (AvgIpc) is 2.42. The zero-order valence-corrected chi connectivity index (χ0v) is 12.5. The van der Waals surface area contributed by atoms with E-state index in [-0.39, 0.29) is 11.8 Å². The number of hydrogen-bond donors (Lipinski definition) is 2. The Morgan fingerprint density at radius 1 is 1.30 bits per heavy atom. The van der Waals surface area contributed by atoms with Crippen molar-refractivity contribution in [2.24, 2.45) is 0 Å². The van der Waals surface area contributed by atoms with E-state index in [9.17, 15) is 9.59 Å². The van der Waals surface area contributed by atoms with E-state index in [1.807, 2.05) is 32.0 Å². The fraction of sp³-hybridized carbons (Fsp3) is 0.500. The molecule has 0 heterocycles. The predicted octanol–water partition coefficient (Wildman–Crippen LogP) is 1.96. The first-order valence-corrected chi connectivity index (χ1v) is 7.15. The molecule has 0 saturated heterocycles. The van der Waals surface area contributed by atoms with Crippen molar-refractivity contribution in [2.75, 3.05) is 6.54 Å². The van der Waals surface area contributed by atoms with Crippen LogP contribution < -0.4 is 10.6 Å². The van der Waals surface area contributed by atoms with Crippen LogP contribution in [0.15, 0.2) is 24.3 Å². The van der Waals surface area contributed by atoms with Gasteiger partial charge in [0.05, 0.1) is 0 Å². The fourth-order valence-corrected chi connectivity index (χ4v) is 1.91. The zero-order valence-electron chi connectivity index (χ0n) is 12.5. The van der Waals surface area contributed by atoms with Gasteiger partial charge in [0.25, 0.3) is 0 Å². The highest BCUT2D eigenvalue weighted by Crippen LogP contribution is 2.06. The Balaban J connectivity index is 2.34. The number of hydrogen-bond acceptors (Lipinski definition) is 2. The Morgan fingerprint density at radius 3 is 2.70 bits per heavy atom. The lowest BCUT2D eigenvalue weighted by Gasteiger charge is -2.13. The lowest BCUT2D eigenvalue weighted by molar-refractivity contribution is -0.128. The molecule has 1 aromatic carbocycles. The first kappa shape index (κ1) is 16.2. The van der Waals surface area contributed by atoms with Crippen molar-refractivity contribution >= 4 is 11.8 Å². The van der Waals surface area contributed by atoms with Crippen LogP contribution in [0.4, 0.5) is 0 Å². The first-order chi connectivity index (χ1) is 9.52. The first-order valence-electron chi connectivity index (χ1n) is 7.15. The van der Waals surface area contributed by atoms with Gasteiger partial charge in [-0.1, -0.05) is 36.8 Å². The summed E-state index contributed by atoms with van der Waals surface area (Å²) in [5, 5.41) is 5.49. The van der Waals surface area contributed by atoms with E-state index in [2.05, 4.69) is 16.7 Å². The van der Waals surface area contributed by atoms with Crippen LogP contribution in [0.25, 0.3) is 0 Å². The minimum absolute atomic E-state index is 0.0920. The normalized spacial score (nSPS) is 11.8. The van der Waals surface area contributed by atoms with Crippen LogP contribution in [0.1, 0.15) is 37.8 Å². The van der Waals surface area contributed by atoms with Gasteiger partial charge >= 0.3 is 0 Å². The molecule has 110 valence electrons. The molecule has 0 radical (unpaired) electrons. The highest BCUT2D eigenvalue weighted by molar-refractivity contribution is 5.87. The molecule has 0 aliphatic rings. The summed E-state index contributed by atoms with van der Waals surface area (Å²) >= 11 is 0. The van der Waals surface area contributed by atoms with Crippen molar-refractivity contribution in [3.8, 4) is 0 Å². The lowest BCUT2D eigenvalue weighted by Crippen LogP contribution is -2.45. The summed E-state index contributed by atoms with van der Waals surface area (Å²) in [5.41, 5.74) is 2.33. The largest absolute Gasteiger partial charge is 0.354 e. The molecular weight excluding hydrogens is 252 g/mol. The lowest BCUT2D eigenvalue weighted by atomic mass is 10.1. The average molecular weight is 276 g/mol. The number of carbonyl (C=O) groups is 2.